The first-order valence-corrected chi connectivity index (χ1v) is 21.2. The van der Waals surface area contributed by atoms with E-state index in [1.807, 2.05) is 27.7 Å². The minimum absolute atomic E-state index is 0. The molecule has 4 aliphatic heterocycles. The molecule has 0 aromatic heterocycles. The Kier molecular flexibility index (Phi) is 8.59. The van der Waals surface area contributed by atoms with E-state index in [1.165, 1.54) is 22.3 Å². The molecule has 4 heterocycles. The van der Waals surface area contributed by atoms with Crippen LogP contribution >= 0.6 is 0 Å². The lowest BCUT2D eigenvalue weighted by Crippen LogP contribution is -2.80. The molecule has 2 saturated heterocycles. The molecule has 2 saturated carbocycles. The molecule has 10 nitrogen and oxygen atoms in total. The van der Waals surface area contributed by atoms with Gasteiger partial charge in [-0.25, -0.2) is 0 Å². The number of methoxy groups -OCH3 is 3. The van der Waals surface area contributed by atoms with Crippen LogP contribution in [0.25, 0.3) is 0 Å². The van der Waals surface area contributed by atoms with Crippen LogP contribution in [0.1, 0.15) is 90.5 Å². The second kappa shape index (κ2) is 12.3. The van der Waals surface area contributed by atoms with Crippen LogP contribution in [0.15, 0.2) is 48.6 Å². The minimum Gasteiger partial charge on any atom is -0.504 e. The molecule has 2 aromatic carbocycles. The Balaban J connectivity index is 0.000000147. The van der Waals surface area contributed by atoms with Gasteiger partial charge in [-0.15, -0.1) is 0 Å². The Morgan fingerprint density at radius 3 is 1.54 bits per heavy atom. The van der Waals surface area contributed by atoms with Crippen molar-refractivity contribution in [3.63, 3.8) is 0 Å². The third kappa shape index (κ3) is 4.30. The number of aromatic hydroxyl groups is 1. The quantitative estimate of drug-likeness (QED) is 0.296. The molecule has 0 radical (unpaired) electrons. The van der Waals surface area contributed by atoms with Crippen LogP contribution in [-0.4, -0.2) is 120 Å². The molecule has 12 aliphatic rings. The number of fused-ring (bicyclic) bond motifs is 2. The highest BCUT2D eigenvalue weighted by atomic mass is 16.6. The molecule has 12 atom stereocenters. The Bertz CT molecular complexity index is 2160. The maximum absolute atomic E-state index is 11.2. The zero-order chi connectivity index (χ0) is 40.1. The summed E-state index contributed by atoms with van der Waals surface area (Å²) in [7, 11) is 9.71. The predicted molar refractivity (Wildman–Crippen MR) is 228 cm³/mol. The molecule has 10 heteroatoms. The third-order valence-electron chi connectivity index (χ3n) is 18.1. The van der Waals surface area contributed by atoms with Crippen molar-refractivity contribution in [3.8, 4) is 23.0 Å². The van der Waals surface area contributed by atoms with Gasteiger partial charge in [0.1, 0.15) is 23.4 Å². The standard InChI is InChI=1S/C24H31NO4.C23H29NO4.2CH4/c1-21(2,26)16-13-22-8-9-24(16,28-5)20-23(22)10-11-25(3)17(22)12-14-6-7-15(27-4)19(29-20)18(14)23;1-20(2,26)15-12-21-7-8-23(15,27-4)19-22(21)9-10-24(3)16(21)11-13-5-6-14(25)18(28-19)17(13)22;;/h6-9,16-17,20,26H,10-13H2,1-5H3;5-8,15-16,19,25-26H,9-12H2,1-4H3;2*1H4/t16?,17?,20?,22?,23-,24?;15?,16?,19?,21?,22-,23?;;/m00../s1. The zero-order valence-electron chi connectivity index (χ0n) is 35.0. The number of piperidine rings is 2. The summed E-state index contributed by atoms with van der Waals surface area (Å²) in [5.41, 5.74) is 1.58. The number of phenols is 1. The average molecular weight is 813 g/mol. The number of likely N-dealkylation sites (N-methyl/N-ethyl adjacent to an activating group) is 2. The summed E-state index contributed by atoms with van der Waals surface area (Å²) >= 11 is 0. The van der Waals surface area contributed by atoms with E-state index in [1.54, 1.807) is 27.4 Å². The van der Waals surface area contributed by atoms with Crippen molar-refractivity contribution in [2.45, 2.75) is 139 Å². The molecule has 59 heavy (non-hydrogen) atoms. The SMILES string of the molecule is C.C.COC12C=CC3(CC1C(C)(C)O)C1Cc4ccc(O)c5c4[C@@]3(CCN1C)C2O5.COc1ccc2c3c1OC1C4(OC)C=CC5(CC4C(C)(C)O)C(C2)N(C)CC[C@]315. The van der Waals surface area contributed by atoms with E-state index >= 15 is 0 Å². The lowest BCUT2D eigenvalue weighted by Gasteiger charge is -2.72. The largest absolute Gasteiger partial charge is 0.504 e. The topological polar surface area (TPSA) is 113 Å². The number of nitrogens with zero attached hydrogens (tertiary/aromatic N) is 2. The van der Waals surface area contributed by atoms with Gasteiger partial charge in [0.05, 0.1) is 29.1 Å². The number of hydrogen-bond donors (Lipinski definition) is 3. The molecule has 2 aromatic rings. The smallest absolute Gasteiger partial charge is 0.166 e. The van der Waals surface area contributed by atoms with Gasteiger partial charge in [-0.3, -0.25) is 0 Å². The molecule has 4 spiro atoms. The Morgan fingerprint density at radius 1 is 0.661 bits per heavy atom. The summed E-state index contributed by atoms with van der Waals surface area (Å²) < 4.78 is 31.8. The van der Waals surface area contributed by atoms with Crippen LogP contribution in [-0.2, 0) is 33.1 Å². The minimum atomic E-state index is -0.900. The molecule has 4 fully saturated rings. The van der Waals surface area contributed by atoms with E-state index in [0.29, 0.717) is 17.8 Å². The van der Waals surface area contributed by atoms with Crippen molar-refractivity contribution in [1.82, 2.24) is 9.80 Å². The highest BCUT2D eigenvalue weighted by Gasteiger charge is 2.82. The summed E-state index contributed by atoms with van der Waals surface area (Å²) in [5, 5.41) is 33.1. The maximum atomic E-state index is 11.2. The Morgan fingerprint density at radius 2 is 1.10 bits per heavy atom. The number of likely N-dealkylation sites (tertiary alicyclic amines) is 2. The van der Waals surface area contributed by atoms with E-state index in [4.69, 9.17) is 23.7 Å². The van der Waals surface area contributed by atoms with E-state index < -0.39 is 22.4 Å². The van der Waals surface area contributed by atoms with Crippen LogP contribution in [0.3, 0.4) is 0 Å². The van der Waals surface area contributed by atoms with Gasteiger partial charge >= 0.3 is 0 Å². The first-order valence-electron chi connectivity index (χ1n) is 21.2. The van der Waals surface area contributed by atoms with Crippen LogP contribution in [0.5, 0.6) is 23.0 Å². The van der Waals surface area contributed by atoms with Crippen molar-refractivity contribution in [2.75, 3.05) is 48.5 Å². The first kappa shape index (κ1) is 41.2. The van der Waals surface area contributed by atoms with E-state index in [9.17, 15) is 15.3 Å². The average Bonchev–Trinajstić information content (AvgIpc) is 3.75. The van der Waals surface area contributed by atoms with E-state index in [2.05, 4.69) is 66.4 Å². The normalized spacial score (nSPS) is 43.0. The number of aliphatic hydroxyl groups is 2. The molecule has 3 N–H and O–H groups in total. The summed E-state index contributed by atoms with van der Waals surface area (Å²) in [6, 6.07) is 8.90. The Labute approximate surface area is 351 Å². The van der Waals surface area contributed by atoms with Gasteiger partial charge in [0.15, 0.2) is 23.0 Å². The molecule has 0 amide bonds. The van der Waals surface area contributed by atoms with Gasteiger partial charge in [-0.2, -0.15) is 0 Å². The van der Waals surface area contributed by atoms with Crippen molar-refractivity contribution >= 4 is 0 Å². The maximum Gasteiger partial charge on any atom is 0.166 e. The zero-order valence-corrected chi connectivity index (χ0v) is 35.0. The number of ether oxygens (including phenoxy) is 5. The molecular formula is C49H68N2O8. The predicted octanol–water partition coefficient (Wildman–Crippen LogP) is 6.34. The lowest BCUT2D eigenvalue weighted by atomic mass is 9.36. The summed E-state index contributed by atoms with van der Waals surface area (Å²) in [4.78, 5) is 5.03. The van der Waals surface area contributed by atoms with Crippen molar-refractivity contribution in [3.05, 3.63) is 70.8 Å². The number of benzene rings is 2. The van der Waals surface area contributed by atoms with Crippen LogP contribution in [0.4, 0.5) is 0 Å². The Hall–Kier alpha value is -3.12. The van der Waals surface area contributed by atoms with Gasteiger partial charge in [-0.1, -0.05) is 51.3 Å². The molecule has 322 valence electrons. The third-order valence-corrected chi connectivity index (χ3v) is 18.1. The lowest BCUT2D eigenvalue weighted by molar-refractivity contribution is -0.243. The number of phenolic OH excluding ortho intramolecular Hbond substituents is 1. The number of rotatable bonds is 5. The highest BCUT2D eigenvalue weighted by molar-refractivity contribution is 5.67. The molecule has 8 aliphatic carbocycles. The molecule has 14 rings (SSSR count). The van der Waals surface area contributed by atoms with Gasteiger partial charge in [0.25, 0.3) is 0 Å². The first-order chi connectivity index (χ1) is 27.0. The van der Waals surface area contributed by atoms with Crippen molar-refractivity contribution < 1.29 is 39.0 Å². The van der Waals surface area contributed by atoms with Gasteiger partial charge in [0.2, 0.25) is 0 Å². The fourth-order valence-corrected chi connectivity index (χ4v) is 15.9. The molecular weight excluding hydrogens is 745 g/mol. The second-order valence-corrected chi connectivity index (χ2v) is 20.6. The van der Waals surface area contributed by atoms with Gasteiger partial charge in [-0.05, 0) is 117 Å². The van der Waals surface area contributed by atoms with Crippen molar-refractivity contribution in [1.29, 1.82) is 0 Å². The van der Waals surface area contributed by atoms with Crippen LogP contribution in [0, 0.1) is 22.7 Å². The fourth-order valence-electron chi connectivity index (χ4n) is 15.9. The monoisotopic (exact) mass is 812 g/mol. The highest BCUT2D eigenvalue weighted by Crippen LogP contribution is 2.77. The molecule has 10 unspecified atom stereocenters. The second-order valence-electron chi connectivity index (χ2n) is 20.6. The summed E-state index contributed by atoms with van der Waals surface area (Å²) in [5.74, 6) is 2.46. The van der Waals surface area contributed by atoms with Gasteiger partial charge in [0, 0.05) is 60.1 Å². The van der Waals surface area contributed by atoms with Crippen molar-refractivity contribution in [2.24, 2.45) is 22.7 Å². The van der Waals surface area contributed by atoms with Gasteiger partial charge < -0.3 is 48.8 Å². The van der Waals surface area contributed by atoms with E-state index in [0.717, 1.165) is 63.1 Å². The fraction of sp³-hybridized carbons (Fsp3) is 0.673. The van der Waals surface area contributed by atoms with Crippen LogP contribution in [0.2, 0.25) is 0 Å². The summed E-state index contributed by atoms with van der Waals surface area (Å²) in [6.45, 7) is 9.68. The number of hydrogen-bond acceptors (Lipinski definition) is 10. The molecule has 8 bridgehead atoms. The van der Waals surface area contributed by atoms with Crippen LogP contribution < -0.4 is 14.2 Å². The summed E-state index contributed by atoms with van der Waals surface area (Å²) in [6.07, 6.45) is 14.6. The van der Waals surface area contributed by atoms with E-state index in [-0.39, 0.29) is 66.3 Å².